The number of nitrogens with one attached hydrogen (secondary N) is 1. The number of benzene rings is 1. The van der Waals surface area contributed by atoms with Crippen LogP contribution in [0, 0.1) is 11.8 Å². The second-order valence-electron chi connectivity index (χ2n) is 10.2. The fourth-order valence-electron chi connectivity index (χ4n) is 4.14. The number of hydrogen-bond acceptors (Lipinski definition) is 12. The molecule has 1 amide bonds. The number of amides is 1. The Labute approximate surface area is 259 Å². The van der Waals surface area contributed by atoms with Gasteiger partial charge in [0.2, 0.25) is 12.2 Å². The summed E-state index contributed by atoms with van der Waals surface area (Å²) in [5.74, 6) is -6.44. The molecule has 1 N–H and O–H groups in total. The summed E-state index contributed by atoms with van der Waals surface area (Å²) < 4.78 is 31.8. The number of esters is 4. The van der Waals surface area contributed by atoms with E-state index in [1.54, 1.807) is 51.1 Å². The van der Waals surface area contributed by atoms with E-state index in [1.165, 1.54) is 6.92 Å². The first-order chi connectivity index (χ1) is 21.5. The molecule has 3 rings (SSSR count). The molecule has 0 aliphatic carbocycles. The average molecular weight is 629 g/mol. The van der Waals surface area contributed by atoms with E-state index in [0.29, 0.717) is 6.61 Å². The van der Waals surface area contributed by atoms with Crippen molar-refractivity contribution in [1.82, 2.24) is 4.98 Å². The molecule has 0 radical (unpaired) electrons. The van der Waals surface area contributed by atoms with E-state index in [9.17, 15) is 28.8 Å². The highest BCUT2D eigenvalue weighted by Gasteiger charge is 2.41. The first-order valence-electron chi connectivity index (χ1n) is 14.3. The number of rotatable bonds is 12. The molecule has 1 aromatic carbocycles. The molecule has 0 bridgehead atoms. The highest BCUT2D eigenvalue weighted by molar-refractivity contribution is 6.39. The summed E-state index contributed by atoms with van der Waals surface area (Å²) in [6, 6.07) is 10.0. The number of aromatic amines is 1. The predicted octanol–water partition coefficient (Wildman–Crippen LogP) is 2.18. The standard InChI is InChI=1S/C31H36N2O12/c1-5-40-14-12-24(35)42-17-43-27-23(34)11-13-32-25(27)28(36)33-22-16-41-30(38)21(15-20-9-7-6-8-10-20)26(19(4)44-31(22)39)45-29(37)18(2)3/h6-11,13,18-19,21,26H,5,12,14-17H2,1-4H3,(H,32,34). The number of aromatic nitrogens is 1. The van der Waals surface area contributed by atoms with Crippen LogP contribution in [-0.4, -0.2) is 79.3 Å². The zero-order valence-electron chi connectivity index (χ0n) is 25.4. The van der Waals surface area contributed by atoms with Crippen LogP contribution in [0.1, 0.15) is 50.2 Å². The molecule has 2 aromatic rings. The van der Waals surface area contributed by atoms with Crippen molar-refractivity contribution < 1.29 is 52.4 Å². The number of ether oxygens (including phenoxy) is 6. The van der Waals surface area contributed by atoms with Gasteiger partial charge in [-0.2, -0.15) is 0 Å². The Bertz CT molecular complexity index is 1450. The van der Waals surface area contributed by atoms with Crippen LogP contribution < -0.4 is 10.2 Å². The van der Waals surface area contributed by atoms with Crippen molar-refractivity contribution in [3.05, 3.63) is 64.1 Å². The first-order valence-corrected chi connectivity index (χ1v) is 14.3. The normalized spacial score (nSPS) is 19.5. The molecular weight excluding hydrogens is 592 g/mol. The molecule has 1 fully saturated rings. The minimum absolute atomic E-state index is 0.0508. The van der Waals surface area contributed by atoms with Gasteiger partial charge in [0.25, 0.3) is 5.91 Å². The molecule has 1 aliphatic rings. The Hall–Kier alpha value is -4.85. The van der Waals surface area contributed by atoms with Gasteiger partial charge in [0.1, 0.15) is 18.6 Å². The van der Waals surface area contributed by atoms with Gasteiger partial charge in [0.05, 0.1) is 18.9 Å². The SMILES string of the molecule is CCOCCC(=O)OCOc1c(C(=O)N=C2COC(=O)C(Cc3ccccc3)C(OC(=O)C(C)C)C(C)OC2=O)[nH]ccc1=O. The zero-order valence-corrected chi connectivity index (χ0v) is 25.4. The summed E-state index contributed by atoms with van der Waals surface area (Å²) >= 11 is 0. The van der Waals surface area contributed by atoms with E-state index in [4.69, 9.17) is 28.4 Å². The molecule has 14 heteroatoms. The third kappa shape index (κ3) is 10.1. The summed E-state index contributed by atoms with van der Waals surface area (Å²) in [7, 11) is 0. The van der Waals surface area contributed by atoms with Gasteiger partial charge in [0, 0.05) is 18.9 Å². The van der Waals surface area contributed by atoms with Gasteiger partial charge in [-0.1, -0.05) is 44.2 Å². The van der Waals surface area contributed by atoms with Crippen molar-refractivity contribution in [2.45, 2.75) is 52.7 Å². The van der Waals surface area contributed by atoms with E-state index < -0.39 is 89.8 Å². The monoisotopic (exact) mass is 628 g/mol. The van der Waals surface area contributed by atoms with Crippen molar-refractivity contribution >= 4 is 35.5 Å². The quantitative estimate of drug-likeness (QED) is 0.157. The van der Waals surface area contributed by atoms with Gasteiger partial charge in [-0.05, 0) is 25.8 Å². The molecular formula is C31H36N2O12. The van der Waals surface area contributed by atoms with Crippen LogP contribution in [0.2, 0.25) is 0 Å². The number of hydrogen-bond donors (Lipinski definition) is 1. The van der Waals surface area contributed by atoms with Crippen molar-refractivity contribution in [3.8, 4) is 5.75 Å². The summed E-state index contributed by atoms with van der Waals surface area (Å²) in [5, 5.41) is 0. The number of H-pyrrole nitrogens is 1. The Kier molecular flexibility index (Phi) is 13.0. The second kappa shape index (κ2) is 16.9. The summed E-state index contributed by atoms with van der Waals surface area (Å²) in [6.07, 6.45) is -1.15. The van der Waals surface area contributed by atoms with E-state index in [1.807, 2.05) is 0 Å². The fourth-order valence-corrected chi connectivity index (χ4v) is 4.14. The van der Waals surface area contributed by atoms with Crippen LogP contribution in [0.3, 0.4) is 0 Å². The van der Waals surface area contributed by atoms with Crippen molar-refractivity contribution in [1.29, 1.82) is 0 Å². The number of nitrogens with zero attached hydrogens (tertiary/aromatic N) is 1. The van der Waals surface area contributed by atoms with Crippen LogP contribution in [0.4, 0.5) is 0 Å². The van der Waals surface area contributed by atoms with Crippen molar-refractivity contribution in [3.63, 3.8) is 0 Å². The summed E-state index contributed by atoms with van der Waals surface area (Å²) in [6.45, 7) is 5.56. The fraction of sp³-hybridized carbons (Fsp3) is 0.452. The number of carbonyl (C=O) groups excluding carboxylic acids is 5. The first kappa shape index (κ1) is 34.6. The van der Waals surface area contributed by atoms with Gasteiger partial charge < -0.3 is 33.4 Å². The average Bonchev–Trinajstić information content (AvgIpc) is 3.04. The second-order valence-corrected chi connectivity index (χ2v) is 10.2. The van der Waals surface area contributed by atoms with E-state index in [0.717, 1.165) is 17.8 Å². The summed E-state index contributed by atoms with van der Waals surface area (Å²) in [5.41, 5.74) is -1.05. The molecule has 242 valence electrons. The minimum atomic E-state index is -1.21. The number of aliphatic imine (C=N–C) groups is 1. The lowest BCUT2D eigenvalue weighted by atomic mass is 9.91. The lowest BCUT2D eigenvalue weighted by Crippen LogP contribution is -2.43. The van der Waals surface area contributed by atoms with Crippen molar-refractivity contribution in [2.24, 2.45) is 16.8 Å². The lowest BCUT2D eigenvalue weighted by Gasteiger charge is -2.29. The van der Waals surface area contributed by atoms with Gasteiger partial charge in [-0.15, -0.1) is 0 Å². The molecule has 1 aliphatic heterocycles. The lowest BCUT2D eigenvalue weighted by molar-refractivity contribution is -0.175. The van der Waals surface area contributed by atoms with Gasteiger partial charge in [-0.25, -0.2) is 9.79 Å². The molecule has 3 atom stereocenters. The van der Waals surface area contributed by atoms with Crippen LogP contribution in [-0.2, 0) is 49.3 Å². The Morgan fingerprint density at radius 2 is 1.82 bits per heavy atom. The van der Waals surface area contributed by atoms with E-state index >= 15 is 0 Å². The molecule has 1 aromatic heterocycles. The molecule has 0 saturated carbocycles. The molecule has 45 heavy (non-hydrogen) atoms. The number of cyclic esters (lactones) is 2. The highest BCUT2D eigenvalue weighted by Crippen LogP contribution is 2.24. The smallest absolute Gasteiger partial charge is 0.356 e. The molecule has 2 heterocycles. The maximum atomic E-state index is 13.4. The number of carbonyl (C=O) groups is 5. The van der Waals surface area contributed by atoms with Gasteiger partial charge in [-0.3, -0.25) is 24.0 Å². The zero-order chi connectivity index (χ0) is 32.9. The molecule has 1 saturated heterocycles. The third-order valence-electron chi connectivity index (χ3n) is 6.51. The Balaban J connectivity index is 1.85. The number of pyridine rings is 1. The summed E-state index contributed by atoms with van der Waals surface area (Å²) in [4.78, 5) is 82.8. The Morgan fingerprint density at radius 3 is 2.51 bits per heavy atom. The maximum Gasteiger partial charge on any atom is 0.356 e. The van der Waals surface area contributed by atoms with E-state index in [-0.39, 0.29) is 19.4 Å². The third-order valence-corrected chi connectivity index (χ3v) is 6.51. The van der Waals surface area contributed by atoms with Gasteiger partial charge >= 0.3 is 23.9 Å². The van der Waals surface area contributed by atoms with Crippen LogP contribution in [0.15, 0.2) is 52.4 Å². The van der Waals surface area contributed by atoms with Gasteiger partial charge in [0.15, 0.2) is 23.3 Å². The largest absolute Gasteiger partial charge is 0.459 e. The highest BCUT2D eigenvalue weighted by atomic mass is 16.7. The molecule has 14 nitrogen and oxygen atoms in total. The van der Waals surface area contributed by atoms with Crippen LogP contribution in [0.25, 0.3) is 0 Å². The Morgan fingerprint density at radius 1 is 1.09 bits per heavy atom. The topological polar surface area (TPSA) is 186 Å². The minimum Gasteiger partial charge on any atom is -0.459 e. The predicted molar refractivity (Wildman–Crippen MR) is 156 cm³/mol. The molecule has 0 spiro atoms. The molecule has 3 unspecified atom stereocenters. The van der Waals surface area contributed by atoms with Crippen LogP contribution in [0.5, 0.6) is 5.75 Å². The van der Waals surface area contributed by atoms with Crippen LogP contribution >= 0.6 is 0 Å². The maximum absolute atomic E-state index is 13.4. The van der Waals surface area contributed by atoms with E-state index in [2.05, 4.69) is 9.98 Å². The van der Waals surface area contributed by atoms with Crippen molar-refractivity contribution in [2.75, 3.05) is 26.6 Å².